The molecule has 2 nitrogen and oxygen atoms in total. The van der Waals surface area contributed by atoms with Crippen LogP contribution in [0.1, 0.15) is 11.1 Å². The predicted octanol–water partition coefficient (Wildman–Crippen LogP) is 4.87. The van der Waals surface area contributed by atoms with E-state index in [-0.39, 0.29) is 6.61 Å². The Bertz CT molecular complexity index is 901. The monoisotopic (exact) mass is 305 g/mol. The Morgan fingerprint density at radius 1 is 0.957 bits per heavy atom. The summed E-state index contributed by atoms with van der Waals surface area (Å²) in [6.45, 7) is -0.379. The fraction of sp³-hybridized carbons (Fsp3) is 0.150. The molecule has 0 aromatic heterocycles. The molecule has 0 bridgehead atoms. The second-order valence-electron chi connectivity index (χ2n) is 5.63. The van der Waals surface area contributed by atoms with E-state index in [1.807, 2.05) is 24.3 Å². The molecule has 4 rings (SSSR count). The lowest BCUT2D eigenvalue weighted by molar-refractivity contribution is 0.273. The van der Waals surface area contributed by atoms with Crippen molar-refractivity contribution in [2.45, 2.75) is 6.42 Å². The van der Waals surface area contributed by atoms with Gasteiger partial charge in [0.2, 0.25) is 0 Å². The van der Waals surface area contributed by atoms with E-state index in [4.69, 9.17) is 9.73 Å². The van der Waals surface area contributed by atoms with Crippen LogP contribution >= 0.6 is 0 Å². The summed E-state index contributed by atoms with van der Waals surface area (Å²) in [5, 5.41) is 2.22. The smallest absolute Gasteiger partial charge is 0.123 e. The summed E-state index contributed by atoms with van der Waals surface area (Å²) in [5.74, 6) is 0.702. The molecule has 23 heavy (non-hydrogen) atoms. The third kappa shape index (κ3) is 2.70. The average molecular weight is 305 g/mol. The van der Waals surface area contributed by atoms with Crippen molar-refractivity contribution in [3.8, 4) is 5.75 Å². The fourth-order valence-corrected chi connectivity index (χ4v) is 2.95. The number of fused-ring (bicyclic) bond motifs is 2. The molecule has 0 N–H and O–H groups in total. The predicted molar refractivity (Wildman–Crippen MR) is 91.8 cm³/mol. The Morgan fingerprint density at radius 3 is 2.65 bits per heavy atom. The van der Waals surface area contributed by atoms with E-state index in [0.29, 0.717) is 5.75 Å². The number of rotatable bonds is 4. The number of nitrogens with zero attached hydrogens (tertiary/aromatic N) is 1. The van der Waals surface area contributed by atoms with Crippen molar-refractivity contribution in [1.82, 2.24) is 0 Å². The number of para-hydroxylation sites is 1. The van der Waals surface area contributed by atoms with Gasteiger partial charge in [-0.25, -0.2) is 4.39 Å². The van der Waals surface area contributed by atoms with Gasteiger partial charge in [-0.2, -0.15) is 0 Å². The van der Waals surface area contributed by atoms with Crippen molar-refractivity contribution in [3.05, 3.63) is 71.8 Å². The van der Waals surface area contributed by atoms with E-state index in [2.05, 4.69) is 36.4 Å². The number of halogens is 1. The summed E-state index contributed by atoms with van der Waals surface area (Å²) >= 11 is 0. The molecule has 1 aliphatic heterocycles. The molecule has 0 saturated carbocycles. The molecule has 0 spiro atoms. The van der Waals surface area contributed by atoms with Crippen LogP contribution in [-0.4, -0.2) is 19.0 Å². The lowest BCUT2D eigenvalue weighted by atomic mass is 10.0. The largest absolute Gasteiger partial charge is 0.491 e. The normalized spacial score (nSPS) is 13.0. The van der Waals surface area contributed by atoms with Crippen molar-refractivity contribution in [3.63, 3.8) is 0 Å². The van der Waals surface area contributed by atoms with E-state index < -0.39 is 6.67 Å². The van der Waals surface area contributed by atoms with Crippen LogP contribution in [-0.2, 0) is 6.42 Å². The minimum atomic E-state index is -0.475. The minimum absolute atomic E-state index is 0.0959. The van der Waals surface area contributed by atoms with Crippen LogP contribution in [0.2, 0.25) is 0 Å². The molecular weight excluding hydrogens is 289 g/mol. The van der Waals surface area contributed by atoms with Crippen LogP contribution in [0.3, 0.4) is 0 Å². The zero-order valence-electron chi connectivity index (χ0n) is 12.6. The van der Waals surface area contributed by atoms with Gasteiger partial charge in [-0.3, -0.25) is 4.99 Å². The van der Waals surface area contributed by atoms with Gasteiger partial charge in [0.05, 0.1) is 11.4 Å². The van der Waals surface area contributed by atoms with Crippen LogP contribution in [0.5, 0.6) is 5.75 Å². The summed E-state index contributed by atoms with van der Waals surface area (Å²) in [5.41, 5.74) is 4.59. The van der Waals surface area contributed by atoms with Gasteiger partial charge in [-0.15, -0.1) is 0 Å². The number of alkyl halides is 1. The summed E-state index contributed by atoms with van der Waals surface area (Å²) in [4.78, 5) is 4.74. The van der Waals surface area contributed by atoms with Crippen molar-refractivity contribution in [2.24, 2.45) is 4.99 Å². The molecule has 0 fully saturated rings. The third-order valence-electron chi connectivity index (χ3n) is 4.10. The first-order valence-corrected chi connectivity index (χ1v) is 7.72. The standard InChI is InChI=1S/C20H16FNO/c21-9-10-23-18-8-7-14-11-17(6-5-15(14)12-18)20-13-16-3-1-2-4-19(16)22-20/h1-8,11-12H,9-10,13H2. The first kappa shape index (κ1) is 13.9. The Balaban J connectivity index is 1.65. The molecule has 3 aromatic carbocycles. The van der Waals surface area contributed by atoms with Gasteiger partial charge in [-0.1, -0.05) is 36.4 Å². The molecule has 0 radical (unpaired) electrons. The highest BCUT2D eigenvalue weighted by Crippen LogP contribution is 2.30. The molecule has 3 heteroatoms. The number of hydrogen-bond donors (Lipinski definition) is 0. The maximum Gasteiger partial charge on any atom is 0.123 e. The van der Waals surface area contributed by atoms with E-state index in [9.17, 15) is 4.39 Å². The van der Waals surface area contributed by atoms with Gasteiger partial charge < -0.3 is 4.74 Å². The summed E-state index contributed by atoms with van der Waals surface area (Å²) < 4.78 is 17.5. The highest BCUT2D eigenvalue weighted by molar-refractivity contribution is 6.08. The van der Waals surface area contributed by atoms with E-state index in [1.54, 1.807) is 0 Å². The van der Waals surface area contributed by atoms with Gasteiger partial charge >= 0.3 is 0 Å². The van der Waals surface area contributed by atoms with E-state index in [1.165, 1.54) is 5.56 Å². The minimum Gasteiger partial charge on any atom is -0.491 e. The average Bonchev–Trinajstić information content (AvgIpc) is 3.03. The zero-order valence-corrected chi connectivity index (χ0v) is 12.6. The summed E-state index contributed by atoms with van der Waals surface area (Å²) in [6, 6.07) is 20.4. The van der Waals surface area contributed by atoms with Gasteiger partial charge in [0.1, 0.15) is 19.0 Å². The highest BCUT2D eigenvalue weighted by atomic mass is 19.1. The van der Waals surface area contributed by atoms with Crippen LogP contribution < -0.4 is 4.74 Å². The third-order valence-corrected chi connectivity index (χ3v) is 4.10. The summed E-state index contributed by atoms with van der Waals surface area (Å²) in [7, 11) is 0. The number of benzene rings is 3. The Morgan fingerprint density at radius 2 is 1.78 bits per heavy atom. The lowest BCUT2D eigenvalue weighted by Crippen LogP contribution is -2.00. The molecule has 0 unspecified atom stereocenters. The fourth-order valence-electron chi connectivity index (χ4n) is 2.95. The van der Waals surface area contributed by atoms with Crippen LogP contribution in [0.15, 0.2) is 65.7 Å². The van der Waals surface area contributed by atoms with Crippen molar-refractivity contribution in [2.75, 3.05) is 13.3 Å². The van der Waals surface area contributed by atoms with Gasteiger partial charge in [0, 0.05) is 6.42 Å². The first-order chi connectivity index (χ1) is 11.3. The van der Waals surface area contributed by atoms with Crippen molar-refractivity contribution < 1.29 is 9.13 Å². The van der Waals surface area contributed by atoms with Gasteiger partial charge in [0.15, 0.2) is 0 Å². The Hall–Kier alpha value is -2.68. The lowest BCUT2D eigenvalue weighted by Gasteiger charge is -2.07. The zero-order chi connectivity index (χ0) is 15.6. The summed E-state index contributed by atoms with van der Waals surface area (Å²) in [6.07, 6.45) is 0.874. The van der Waals surface area contributed by atoms with Crippen LogP contribution in [0.25, 0.3) is 10.8 Å². The number of hydrogen-bond acceptors (Lipinski definition) is 2. The molecule has 1 aliphatic rings. The maximum atomic E-state index is 12.2. The number of ether oxygens (including phenoxy) is 1. The Labute approximate surface area is 134 Å². The highest BCUT2D eigenvalue weighted by Gasteiger charge is 2.15. The Kier molecular flexibility index (Phi) is 3.54. The second-order valence-corrected chi connectivity index (χ2v) is 5.63. The molecular formula is C20H16FNO. The van der Waals surface area contributed by atoms with Gasteiger partial charge in [0.25, 0.3) is 0 Å². The van der Waals surface area contributed by atoms with Crippen LogP contribution in [0.4, 0.5) is 10.1 Å². The molecule has 1 heterocycles. The van der Waals surface area contributed by atoms with Gasteiger partial charge in [-0.05, 0) is 46.2 Å². The molecule has 114 valence electrons. The second kappa shape index (κ2) is 5.84. The molecule has 3 aromatic rings. The maximum absolute atomic E-state index is 12.2. The molecule has 0 aliphatic carbocycles. The molecule has 0 amide bonds. The quantitative estimate of drug-likeness (QED) is 0.674. The van der Waals surface area contributed by atoms with Crippen molar-refractivity contribution >= 4 is 22.2 Å². The SMILES string of the molecule is FCCOc1ccc2cc(C3=Nc4ccccc4C3)ccc2c1. The topological polar surface area (TPSA) is 21.6 Å². The van der Waals surface area contributed by atoms with Crippen molar-refractivity contribution in [1.29, 1.82) is 0 Å². The first-order valence-electron chi connectivity index (χ1n) is 7.72. The van der Waals surface area contributed by atoms with Crippen LogP contribution in [0, 0.1) is 0 Å². The van der Waals surface area contributed by atoms with E-state index in [0.717, 1.165) is 34.2 Å². The van der Waals surface area contributed by atoms with E-state index >= 15 is 0 Å². The molecule has 0 atom stereocenters. The number of aliphatic imine (C=N–C) groups is 1. The molecule has 0 saturated heterocycles.